The SMILES string of the molecule is CC(C)(C)c1nnc(SCC(=O)N(Cc2ccccc2)c2ccccc2)n1N. The smallest absolute Gasteiger partial charge is 0.237 e. The number of hydrogen-bond donors (Lipinski definition) is 1. The highest BCUT2D eigenvalue weighted by Crippen LogP contribution is 2.24. The number of aromatic nitrogens is 3. The lowest BCUT2D eigenvalue weighted by Gasteiger charge is -2.23. The number of anilines is 1. The van der Waals surface area contributed by atoms with Gasteiger partial charge < -0.3 is 10.7 Å². The maximum atomic E-state index is 13.0. The van der Waals surface area contributed by atoms with Crippen LogP contribution in [0, 0.1) is 0 Å². The van der Waals surface area contributed by atoms with Gasteiger partial charge in [-0.15, -0.1) is 10.2 Å². The van der Waals surface area contributed by atoms with Crippen molar-refractivity contribution in [2.75, 3.05) is 16.5 Å². The molecular formula is C21H25N5OS. The van der Waals surface area contributed by atoms with Crippen LogP contribution in [-0.4, -0.2) is 26.5 Å². The van der Waals surface area contributed by atoms with E-state index in [2.05, 4.69) is 10.2 Å². The molecule has 0 unspecified atom stereocenters. The van der Waals surface area contributed by atoms with E-state index in [0.29, 0.717) is 17.5 Å². The van der Waals surface area contributed by atoms with Crippen molar-refractivity contribution in [3.05, 3.63) is 72.1 Å². The van der Waals surface area contributed by atoms with Crippen LogP contribution in [0.2, 0.25) is 0 Å². The monoisotopic (exact) mass is 395 g/mol. The van der Waals surface area contributed by atoms with Gasteiger partial charge in [-0.2, -0.15) is 0 Å². The first kappa shape index (κ1) is 19.9. The molecule has 1 heterocycles. The van der Waals surface area contributed by atoms with Crippen molar-refractivity contribution in [2.24, 2.45) is 0 Å². The van der Waals surface area contributed by atoms with E-state index < -0.39 is 0 Å². The Bertz CT molecular complexity index is 919. The number of carbonyl (C=O) groups excluding carboxylic acids is 1. The fourth-order valence-electron chi connectivity index (χ4n) is 2.79. The number of para-hydroxylation sites is 1. The molecule has 0 aliphatic carbocycles. The van der Waals surface area contributed by atoms with E-state index in [4.69, 9.17) is 5.84 Å². The predicted octanol–water partition coefficient (Wildman–Crippen LogP) is 3.61. The van der Waals surface area contributed by atoms with Crippen molar-refractivity contribution in [1.29, 1.82) is 0 Å². The summed E-state index contributed by atoms with van der Waals surface area (Å²) >= 11 is 1.30. The number of carbonyl (C=O) groups is 1. The first-order valence-electron chi connectivity index (χ1n) is 9.09. The van der Waals surface area contributed by atoms with Gasteiger partial charge in [0.15, 0.2) is 5.82 Å². The van der Waals surface area contributed by atoms with Crippen LogP contribution in [-0.2, 0) is 16.8 Å². The van der Waals surface area contributed by atoms with Crippen LogP contribution in [0.1, 0.15) is 32.2 Å². The molecule has 3 aromatic rings. The Balaban J connectivity index is 1.76. The number of nitrogens with zero attached hydrogens (tertiary/aromatic N) is 4. The van der Waals surface area contributed by atoms with Crippen LogP contribution in [0.4, 0.5) is 5.69 Å². The number of rotatable bonds is 6. The van der Waals surface area contributed by atoms with Crippen molar-refractivity contribution in [3.8, 4) is 0 Å². The van der Waals surface area contributed by atoms with Crippen LogP contribution >= 0.6 is 11.8 Å². The van der Waals surface area contributed by atoms with Crippen molar-refractivity contribution >= 4 is 23.4 Å². The van der Waals surface area contributed by atoms with Gasteiger partial charge in [-0.25, -0.2) is 4.68 Å². The molecule has 0 bridgehead atoms. The number of nitrogen functional groups attached to an aromatic ring is 1. The second kappa shape index (κ2) is 8.48. The van der Waals surface area contributed by atoms with Crippen LogP contribution < -0.4 is 10.7 Å². The van der Waals surface area contributed by atoms with Crippen molar-refractivity contribution in [3.63, 3.8) is 0 Å². The average Bonchev–Trinajstić information content (AvgIpc) is 3.06. The van der Waals surface area contributed by atoms with Gasteiger partial charge in [-0.1, -0.05) is 81.1 Å². The summed E-state index contributed by atoms with van der Waals surface area (Å²) in [5.41, 5.74) is 1.72. The Morgan fingerprint density at radius 2 is 1.64 bits per heavy atom. The van der Waals surface area contributed by atoms with Gasteiger partial charge in [0.2, 0.25) is 11.1 Å². The van der Waals surface area contributed by atoms with E-state index in [9.17, 15) is 4.79 Å². The molecule has 3 rings (SSSR count). The second-order valence-corrected chi connectivity index (χ2v) is 8.46. The van der Waals surface area contributed by atoms with Crippen LogP contribution in [0.15, 0.2) is 65.8 Å². The van der Waals surface area contributed by atoms with E-state index in [1.807, 2.05) is 81.4 Å². The Kier molecular flexibility index (Phi) is 6.04. The fourth-order valence-corrected chi connectivity index (χ4v) is 3.52. The van der Waals surface area contributed by atoms with Gasteiger partial charge in [0.25, 0.3) is 0 Å². The van der Waals surface area contributed by atoms with Gasteiger partial charge >= 0.3 is 0 Å². The first-order chi connectivity index (χ1) is 13.4. The van der Waals surface area contributed by atoms with E-state index in [0.717, 1.165) is 11.3 Å². The molecule has 146 valence electrons. The summed E-state index contributed by atoms with van der Waals surface area (Å²) in [7, 11) is 0. The molecule has 6 nitrogen and oxygen atoms in total. The van der Waals surface area contributed by atoms with E-state index in [1.165, 1.54) is 16.4 Å². The van der Waals surface area contributed by atoms with Crippen LogP contribution in [0.5, 0.6) is 0 Å². The van der Waals surface area contributed by atoms with Gasteiger partial charge in [0.05, 0.1) is 12.3 Å². The molecule has 0 saturated carbocycles. The third-order valence-corrected chi connectivity index (χ3v) is 5.14. The zero-order chi connectivity index (χ0) is 20.1. The summed E-state index contributed by atoms with van der Waals surface area (Å²) in [4.78, 5) is 14.8. The molecule has 0 atom stereocenters. The number of benzene rings is 2. The lowest BCUT2D eigenvalue weighted by molar-refractivity contribution is -0.116. The lowest BCUT2D eigenvalue weighted by Crippen LogP contribution is -2.32. The predicted molar refractivity (Wildman–Crippen MR) is 114 cm³/mol. The fraction of sp³-hybridized carbons (Fsp3) is 0.286. The van der Waals surface area contributed by atoms with Crippen molar-refractivity contribution < 1.29 is 4.79 Å². The molecule has 28 heavy (non-hydrogen) atoms. The van der Waals surface area contributed by atoms with Crippen molar-refractivity contribution in [1.82, 2.24) is 14.9 Å². The molecule has 0 radical (unpaired) electrons. The average molecular weight is 396 g/mol. The minimum atomic E-state index is -0.214. The van der Waals surface area contributed by atoms with Crippen LogP contribution in [0.25, 0.3) is 0 Å². The third kappa shape index (κ3) is 4.72. The highest BCUT2D eigenvalue weighted by molar-refractivity contribution is 7.99. The molecule has 0 saturated heterocycles. The minimum Gasteiger partial charge on any atom is -0.336 e. The summed E-state index contributed by atoms with van der Waals surface area (Å²) in [5, 5.41) is 8.86. The molecule has 1 aromatic heterocycles. The number of amides is 1. The molecule has 0 fully saturated rings. The third-order valence-electron chi connectivity index (χ3n) is 4.21. The number of thioether (sulfide) groups is 1. The quantitative estimate of drug-likeness (QED) is 0.510. The molecule has 0 aliphatic heterocycles. The maximum absolute atomic E-state index is 13.0. The molecular weight excluding hydrogens is 370 g/mol. The van der Waals surface area contributed by atoms with E-state index >= 15 is 0 Å². The highest BCUT2D eigenvalue weighted by atomic mass is 32.2. The largest absolute Gasteiger partial charge is 0.336 e. The summed E-state index contributed by atoms with van der Waals surface area (Å²) in [6, 6.07) is 19.6. The lowest BCUT2D eigenvalue weighted by atomic mass is 9.96. The zero-order valence-corrected chi connectivity index (χ0v) is 17.2. The number of hydrogen-bond acceptors (Lipinski definition) is 5. The molecule has 1 amide bonds. The molecule has 7 heteroatoms. The molecule has 2 N–H and O–H groups in total. The van der Waals surface area contributed by atoms with Crippen molar-refractivity contribution in [2.45, 2.75) is 37.9 Å². The molecule has 0 aliphatic rings. The Morgan fingerprint density at radius 1 is 1.04 bits per heavy atom. The minimum absolute atomic E-state index is 0.0136. The number of nitrogens with two attached hydrogens (primary N) is 1. The normalized spacial score (nSPS) is 11.4. The summed E-state index contributed by atoms with van der Waals surface area (Å²) in [6.07, 6.45) is 0. The van der Waals surface area contributed by atoms with Gasteiger partial charge in [0.1, 0.15) is 0 Å². The molecule has 0 spiro atoms. The Morgan fingerprint density at radius 3 is 2.21 bits per heavy atom. The topological polar surface area (TPSA) is 77.0 Å². The van der Waals surface area contributed by atoms with Gasteiger partial charge in [0, 0.05) is 11.1 Å². The second-order valence-electron chi connectivity index (χ2n) is 7.52. The first-order valence-corrected chi connectivity index (χ1v) is 10.1. The summed E-state index contributed by atoms with van der Waals surface area (Å²) < 4.78 is 1.47. The van der Waals surface area contributed by atoms with E-state index in [-0.39, 0.29) is 17.1 Å². The summed E-state index contributed by atoms with van der Waals surface area (Å²) in [6.45, 7) is 6.58. The van der Waals surface area contributed by atoms with Gasteiger partial charge in [-0.3, -0.25) is 4.79 Å². The van der Waals surface area contributed by atoms with E-state index in [1.54, 1.807) is 4.90 Å². The Hall–Kier alpha value is -2.80. The standard InChI is InChI=1S/C21H25N5OS/c1-21(2,3)19-23-24-20(26(19)22)28-15-18(27)25(17-12-8-5-9-13-17)14-16-10-6-4-7-11-16/h4-13H,14-15,22H2,1-3H3. The van der Waals surface area contributed by atoms with Crippen LogP contribution in [0.3, 0.4) is 0 Å². The zero-order valence-electron chi connectivity index (χ0n) is 16.4. The Labute approximate surface area is 169 Å². The molecule has 2 aromatic carbocycles. The highest BCUT2D eigenvalue weighted by Gasteiger charge is 2.24. The summed E-state index contributed by atoms with van der Waals surface area (Å²) in [5.74, 6) is 7.03. The van der Waals surface area contributed by atoms with Gasteiger partial charge in [-0.05, 0) is 17.7 Å². The maximum Gasteiger partial charge on any atom is 0.237 e.